The van der Waals surface area contributed by atoms with Crippen LogP contribution >= 0.6 is 23.5 Å². The summed E-state index contributed by atoms with van der Waals surface area (Å²) in [5.74, 6) is -0.104. The summed E-state index contributed by atoms with van der Waals surface area (Å²) in [6.07, 6.45) is 32.5. The van der Waals surface area contributed by atoms with Crippen molar-refractivity contribution in [2.24, 2.45) is 0 Å². The lowest BCUT2D eigenvalue weighted by atomic mass is 10.0. The van der Waals surface area contributed by atoms with Crippen molar-refractivity contribution in [3.63, 3.8) is 0 Å². The minimum absolute atomic E-state index is 0.104. The monoisotopic (exact) mass is 468 g/mol. The Hall–Kier alpha value is -0.480. The molecule has 0 aliphatic rings. The van der Waals surface area contributed by atoms with Gasteiger partial charge in [-0.15, -0.1) is 0 Å². The number of aldehydes is 1. The first-order chi connectivity index (χ1) is 15.2. The van der Waals surface area contributed by atoms with E-state index in [-0.39, 0.29) is 5.78 Å². The van der Waals surface area contributed by atoms with Crippen molar-refractivity contribution >= 4 is 35.6 Å². The zero-order chi connectivity index (χ0) is 23.0. The van der Waals surface area contributed by atoms with E-state index < -0.39 is 0 Å². The Morgan fingerprint density at radius 3 is 1.68 bits per heavy atom. The van der Waals surface area contributed by atoms with Gasteiger partial charge in [0, 0.05) is 10.5 Å². The van der Waals surface area contributed by atoms with Crippen LogP contribution in [0.2, 0.25) is 0 Å². The third-order valence-electron chi connectivity index (χ3n) is 5.84. The average Bonchev–Trinajstić information content (AvgIpc) is 2.78. The molecule has 0 heterocycles. The summed E-state index contributed by atoms with van der Waals surface area (Å²) in [6, 6.07) is 0. The summed E-state index contributed by atoms with van der Waals surface area (Å²) in [5, 5.41) is 1.69. The van der Waals surface area contributed by atoms with Gasteiger partial charge in [-0.05, 0) is 56.4 Å². The molecule has 0 aromatic carbocycles. The highest BCUT2D eigenvalue weighted by Gasteiger charge is 2.18. The van der Waals surface area contributed by atoms with Crippen molar-refractivity contribution in [3.05, 3.63) is 24.3 Å². The Labute approximate surface area is 201 Å². The number of carbonyl (C=O) groups excluding carboxylic acids is 2. The van der Waals surface area contributed by atoms with E-state index in [4.69, 9.17) is 0 Å². The number of ketones is 1. The van der Waals surface area contributed by atoms with Crippen LogP contribution in [-0.2, 0) is 9.59 Å². The molecular weight excluding hydrogens is 420 g/mol. The molecule has 2 atom stereocenters. The molecule has 0 aliphatic heterocycles. The molecule has 0 saturated heterocycles. The number of hydrogen-bond acceptors (Lipinski definition) is 4. The van der Waals surface area contributed by atoms with E-state index in [1.807, 2.05) is 6.08 Å². The molecule has 0 amide bonds. The largest absolute Gasteiger partial charge is 0.299 e. The molecule has 0 radical (unpaired) electrons. The number of allylic oxidation sites excluding steroid dienone is 4. The smallest absolute Gasteiger partial charge is 0.178 e. The van der Waals surface area contributed by atoms with Gasteiger partial charge in [0.2, 0.25) is 0 Å². The van der Waals surface area contributed by atoms with Gasteiger partial charge in [0.05, 0.1) is 0 Å². The first-order valence-electron chi connectivity index (χ1n) is 12.6. The lowest BCUT2D eigenvalue weighted by Crippen LogP contribution is -2.19. The van der Waals surface area contributed by atoms with E-state index in [9.17, 15) is 9.59 Å². The van der Waals surface area contributed by atoms with Gasteiger partial charge in [-0.2, -0.15) is 23.5 Å². The van der Waals surface area contributed by atoms with Crippen molar-refractivity contribution in [2.45, 2.75) is 120 Å². The summed E-state index contributed by atoms with van der Waals surface area (Å²) in [5.41, 5.74) is 0. The predicted molar refractivity (Wildman–Crippen MR) is 144 cm³/mol. The van der Waals surface area contributed by atoms with Crippen molar-refractivity contribution in [3.8, 4) is 0 Å². The second-order valence-electron chi connectivity index (χ2n) is 8.46. The maximum atomic E-state index is 11.3. The number of carbonyl (C=O) groups is 2. The van der Waals surface area contributed by atoms with Crippen LogP contribution in [0.15, 0.2) is 24.3 Å². The number of thioether (sulfide) groups is 2. The zero-order valence-electron chi connectivity index (χ0n) is 20.5. The van der Waals surface area contributed by atoms with Gasteiger partial charge in [0.1, 0.15) is 6.29 Å². The summed E-state index contributed by atoms with van der Waals surface area (Å²) in [6.45, 7) is 2.30. The number of hydrogen-bond donors (Lipinski definition) is 0. The average molecular weight is 469 g/mol. The number of unbranched alkanes of at least 4 members (excludes halogenated alkanes) is 12. The van der Waals surface area contributed by atoms with Gasteiger partial charge in [0.15, 0.2) is 5.78 Å². The fraction of sp³-hybridized carbons (Fsp3) is 0.778. The maximum absolute atomic E-state index is 11.3. The van der Waals surface area contributed by atoms with Crippen molar-refractivity contribution in [2.75, 3.05) is 12.5 Å². The molecule has 0 saturated carbocycles. The van der Waals surface area contributed by atoms with Crippen LogP contribution in [0, 0.1) is 0 Å². The molecule has 4 heteroatoms. The highest BCUT2D eigenvalue weighted by Crippen LogP contribution is 2.29. The van der Waals surface area contributed by atoms with Crippen LogP contribution in [0.25, 0.3) is 0 Å². The molecule has 180 valence electrons. The van der Waals surface area contributed by atoms with Crippen molar-refractivity contribution in [1.82, 2.24) is 0 Å². The number of rotatable bonds is 23. The highest BCUT2D eigenvalue weighted by atomic mass is 32.2. The van der Waals surface area contributed by atoms with Gasteiger partial charge in [-0.3, -0.25) is 9.59 Å². The van der Waals surface area contributed by atoms with Gasteiger partial charge < -0.3 is 0 Å². The molecule has 0 aromatic heterocycles. The molecule has 0 rings (SSSR count). The Balaban J connectivity index is 3.48. The van der Waals surface area contributed by atoms with Crippen LogP contribution in [0.3, 0.4) is 0 Å². The van der Waals surface area contributed by atoms with E-state index in [1.54, 1.807) is 6.08 Å². The minimum Gasteiger partial charge on any atom is -0.299 e. The van der Waals surface area contributed by atoms with E-state index in [2.05, 4.69) is 43.0 Å². The molecule has 2 nitrogen and oxygen atoms in total. The normalized spacial score (nSPS) is 13.8. The molecule has 0 N–H and O–H groups in total. The molecular formula is C27H48O2S2. The first-order valence-corrected chi connectivity index (χ1v) is 15.1. The third-order valence-corrected chi connectivity index (χ3v) is 8.35. The predicted octanol–water partition coefficient (Wildman–Crippen LogP) is 8.59. The molecule has 0 fully saturated rings. The Morgan fingerprint density at radius 2 is 1.19 bits per heavy atom. The van der Waals surface area contributed by atoms with E-state index in [1.165, 1.54) is 102 Å². The summed E-state index contributed by atoms with van der Waals surface area (Å²) in [4.78, 5) is 21.4. The lowest BCUT2D eigenvalue weighted by molar-refractivity contribution is -0.111. The zero-order valence-corrected chi connectivity index (χ0v) is 22.1. The van der Waals surface area contributed by atoms with E-state index >= 15 is 0 Å². The van der Waals surface area contributed by atoms with Gasteiger partial charge in [-0.25, -0.2) is 0 Å². The first kappa shape index (κ1) is 30.5. The molecule has 0 bridgehead atoms. The third kappa shape index (κ3) is 19.9. The fourth-order valence-electron chi connectivity index (χ4n) is 3.90. The second kappa shape index (κ2) is 24.2. The van der Waals surface area contributed by atoms with E-state index in [0.29, 0.717) is 6.29 Å². The van der Waals surface area contributed by atoms with Gasteiger partial charge in [0.25, 0.3) is 0 Å². The van der Waals surface area contributed by atoms with Gasteiger partial charge >= 0.3 is 0 Å². The Bertz CT molecular complexity index is 474. The van der Waals surface area contributed by atoms with Crippen LogP contribution in [0.5, 0.6) is 0 Å². The molecule has 31 heavy (non-hydrogen) atoms. The standard InChI is InChI=1S/C27H48O2S2/c1-4-5-22-26(30-2)27(31-3)23-18-16-14-12-10-8-6-7-9-11-13-15-17-20-25(29)21-19-24-28/h17,19-21,24,26-27H,4-16,18,22-23H2,1-3H3/b20-17+,21-19+. The lowest BCUT2D eigenvalue weighted by Gasteiger charge is -2.24. The molecule has 2 unspecified atom stereocenters. The SMILES string of the molecule is CCCCC(SC)C(CCCCCCCCCCCCC/C=C/C(=O)/C=C/C=O)SC. The van der Waals surface area contributed by atoms with Crippen molar-refractivity contribution in [1.29, 1.82) is 0 Å². The fourth-order valence-corrected chi connectivity index (χ4v) is 6.25. The topological polar surface area (TPSA) is 34.1 Å². The molecule has 0 spiro atoms. The van der Waals surface area contributed by atoms with Crippen LogP contribution in [0.1, 0.15) is 110 Å². The maximum Gasteiger partial charge on any atom is 0.178 e. The van der Waals surface area contributed by atoms with Crippen LogP contribution in [-0.4, -0.2) is 35.1 Å². The minimum atomic E-state index is -0.104. The van der Waals surface area contributed by atoms with Crippen molar-refractivity contribution < 1.29 is 9.59 Å². The summed E-state index contributed by atoms with van der Waals surface area (Å²) >= 11 is 4.17. The molecule has 0 aromatic rings. The second-order valence-corrected chi connectivity index (χ2v) is 10.6. The highest BCUT2D eigenvalue weighted by molar-refractivity contribution is 8.03. The Morgan fingerprint density at radius 1 is 0.710 bits per heavy atom. The van der Waals surface area contributed by atoms with Gasteiger partial charge in [-0.1, -0.05) is 90.0 Å². The summed E-state index contributed by atoms with van der Waals surface area (Å²) < 4.78 is 0. The quantitative estimate of drug-likeness (QED) is 0.0854. The summed E-state index contributed by atoms with van der Waals surface area (Å²) in [7, 11) is 0. The van der Waals surface area contributed by atoms with E-state index in [0.717, 1.165) is 23.3 Å². The molecule has 0 aliphatic carbocycles. The Kier molecular flexibility index (Phi) is 23.8. The van der Waals surface area contributed by atoms with Crippen LogP contribution in [0.4, 0.5) is 0 Å². The van der Waals surface area contributed by atoms with Crippen LogP contribution < -0.4 is 0 Å².